The molecule has 1 aromatic heterocycles. The molecule has 0 aliphatic carbocycles. The number of aromatic amines is 1. The summed E-state index contributed by atoms with van der Waals surface area (Å²) < 4.78 is 24.6. The van der Waals surface area contributed by atoms with Gasteiger partial charge in [-0.3, -0.25) is 4.79 Å². The van der Waals surface area contributed by atoms with Gasteiger partial charge in [0.05, 0.1) is 25.9 Å². The highest BCUT2D eigenvalue weighted by molar-refractivity contribution is 5.90. The van der Waals surface area contributed by atoms with E-state index < -0.39 is 0 Å². The van der Waals surface area contributed by atoms with Crippen LogP contribution in [0.4, 0.5) is 4.39 Å². The van der Waals surface area contributed by atoms with Crippen LogP contribution in [0.25, 0.3) is 0 Å². The lowest BCUT2D eigenvalue weighted by Crippen LogP contribution is -2.47. The number of imidazole rings is 1. The normalized spacial score (nSPS) is 18.1. The summed E-state index contributed by atoms with van der Waals surface area (Å²) in [5.41, 5.74) is 0.506. The molecule has 1 amide bonds. The number of carbonyl (C=O) groups is 1. The van der Waals surface area contributed by atoms with E-state index in [1.165, 1.54) is 6.07 Å². The molecule has 7 heteroatoms. The number of hydrogen-bond acceptors (Lipinski definition) is 4. The van der Waals surface area contributed by atoms with Crippen LogP contribution < -0.4 is 0 Å². The largest absolute Gasteiger partial charge is 0.374 e. The fourth-order valence-electron chi connectivity index (χ4n) is 2.45. The highest BCUT2D eigenvalue weighted by Gasteiger charge is 2.26. The van der Waals surface area contributed by atoms with Crippen LogP contribution in [-0.4, -0.2) is 53.2 Å². The number of aromatic nitrogens is 2. The molecule has 1 unspecified atom stereocenters. The summed E-state index contributed by atoms with van der Waals surface area (Å²) in [7, 11) is 0. The Morgan fingerprint density at radius 3 is 3.13 bits per heavy atom. The van der Waals surface area contributed by atoms with Gasteiger partial charge in [0.1, 0.15) is 5.82 Å². The Hall–Kier alpha value is -2.25. The van der Waals surface area contributed by atoms with Crippen molar-refractivity contribution in [1.29, 1.82) is 0 Å². The van der Waals surface area contributed by atoms with E-state index in [4.69, 9.17) is 9.47 Å². The average Bonchev–Trinajstić information content (AvgIpc) is 3.11. The van der Waals surface area contributed by atoms with E-state index in [1.807, 2.05) is 0 Å². The maximum Gasteiger partial charge on any atom is 0.289 e. The Balaban J connectivity index is 1.49. The highest BCUT2D eigenvalue weighted by Crippen LogP contribution is 2.11. The number of carbonyl (C=O) groups excluding carboxylic acids is 1. The third kappa shape index (κ3) is 3.94. The highest BCUT2D eigenvalue weighted by atomic mass is 19.1. The standard InChI is InChI=1S/C16H18FN3O3/c17-14-4-2-1-3-12(14)10-22-11-13-9-20(7-8-23-13)16(21)15-18-5-6-19-15/h1-6,13H,7-11H2,(H,18,19). The molecule has 1 fully saturated rings. The molecule has 0 bridgehead atoms. The van der Waals surface area contributed by atoms with Gasteiger partial charge in [0.2, 0.25) is 0 Å². The zero-order valence-corrected chi connectivity index (χ0v) is 12.6. The van der Waals surface area contributed by atoms with E-state index in [0.29, 0.717) is 37.7 Å². The van der Waals surface area contributed by atoms with Gasteiger partial charge in [0.15, 0.2) is 5.82 Å². The van der Waals surface area contributed by atoms with E-state index in [1.54, 1.807) is 35.5 Å². The minimum Gasteiger partial charge on any atom is -0.374 e. The second-order valence-corrected chi connectivity index (χ2v) is 5.29. The summed E-state index contributed by atoms with van der Waals surface area (Å²) in [4.78, 5) is 20.7. The van der Waals surface area contributed by atoms with E-state index in [2.05, 4.69) is 9.97 Å². The number of hydrogen-bond donors (Lipinski definition) is 1. The molecule has 0 spiro atoms. The van der Waals surface area contributed by atoms with Gasteiger partial charge >= 0.3 is 0 Å². The minimum atomic E-state index is -0.285. The Bertz CT molecular complexity index is 648. The lowest BCUT2D eigenvalue weighted by atomic mass is 10.2. The molecule has 1 aromatic carbocycles. The second kappa shape index (κ2) is 7.34. The number of rotatable bonds is 5. The monoisotopic (exact) mass is 319 g/mol. The molecule has 1 N–H and O–H groups in total. The zero-order chi connectivity index (χ0) is 16.1. The number of nitrogens with zero attached hydrogens (tertiary/aromatic N) is 2. The number of benzene rings is 1. The van der Waals surface area contributed by atoms with Crippen molar-refractivity contribution in [2.24, 2.45) is 0 Å². The predicted molar refractivity (Wildman–Crippen MR) is 80.3 cm³/mol. The summed E-state index contributed by atoms with van der Waals surface area (Å²) >= 11 is 0. The topological polar surface area (TPSA) is 67.5 Å². The van der Waals surface area contributed by atoms with Crippen LogP contribution in [0.15, 0.2) is 36.7 Å². The third-order valence-corrected chi connectivity index (χ3v) is 3.65. The Morgan fingerprint density at radius 1 is 1.48 bits per heavy atom. The number of morpholine rings is 1. The first-order valence-corrected chi connectivity index (χ1v) is 7.45. The predicted octanol–water partition coefficient (Wildman–Crippen LogP) is 1.61. The molecular formula is C16H18FN3O3. The molecule has 122 valence electrons. The van der Waals surface area contributed by atoms with Crippen LogP contribution in [0.1, 0.15) is 16.2 Å². The summed E-state index contributed by atoms with van der Waals surface area (Å²) in [6.45, 7) is 1.87. The van der Waals surface area contributed by atoms with Gasteiger partial charge < -0.3 is 19.4 Å². The third-order valence-electron chi connectivity index (χ3n) is 3.65. The van der Waals surface area contributed by atoms with Crippen molar-refractivity contribution in [3.63, 3.8) is 0 Å². The molecule has 2 aromatic rings. The van der Waals surface area contributed by atoms with Gasteiger partial charge in [-0.05, 0) is 6.07 Å². The smallest absolute Gasteiger partial charge is 0.289 e. The van der Waals surface area contributed by atoms with Crippen molar-refractivity contribution in [3.8, 4) is 0 Å². The van der Waals surface area contributed by atoms with Gasteiger partial charge in [-0.2, -0.15) is 0 Å². The fraction of sp³-hybridized carbons (Fsp3) is 0.375. The van der Waals surface area contributed by atoms with Crippen molar-refractivity contribution in [2.45, 2.75) is 12.7 Å². The molecule has 1 atom stereocenters. The number of nitrogens with one attached hydrogen (secondary N) is 1. The lowest BCUT2D eigenvalue weighted by Gasteiger charge is -2.32. The zero-order valence-electron chi connectivity index (χ0n) is 12.6. The van der Waals surface area contributed by atoms with Crippen LogP contribution in [0.3, 0.4) is 0 Å². The molecule has 1 aliphatic rings. The lowest BCUT2D eigenvalue weighted by molar-refractivity contribution is -0.0651. The quantitative estimate of drug-likeness (QED) is 0.909. The maximum absolute atomic E-state index is 13.5. The summed E-state index contributed by atoms with van der Waals surface area (Å²) in [5.74, 6) is -0.123. The molecule has 1 aliphatic heterocycles. The Kier molecular flexibility index (Phi) is 4.99. The Morgan fingerprint density at radius 2 is 2.35 bits per heavy atom. The maximum atomic E-state index is 13.5. The first-order valence-electron chi connectivity index (χ1n) is 7.45. The van der Waals surface area contributed by atoms with Gasteiger partial charge in [-0.25, -0.2) is 9.37 Å². The van der Waals surface area contributed by atoms with Crippen molar-refractivity contribution in [2.75, 3.05) is 26.3 Å². The first-order chi connectivity index (χ1) is 11.2. The first kappa shape index (κ1) is 15.6. The van der Waals surface area contributed by atoms with Gasteiger partial charge in [0.25, 0.3) is 5.91 Å². The average molecular weight is 319 g/mol. The SMILES string of the molecule is O=C(c1ncc[nH]1)N1CCOC(COCc2ccccc2F)C1. The molecule has 23 heavy (non-hydrogen) atoms. The number of ether oxygens (including phenoxy) is 2. The van der Waals surface area contributed by atoms with Gasteiger partial charge in [-0.15, -0.1) is 0 Å². The number of amides is 1. The van der Waals surface area contributed by atoms with Crippen molar-refractivity contribution >= 4 is 5.91 Å². The van der Waals surface area contributed by atoms with Crippen LogP contribution >= 0.6 is 0 Å². The van der Waals surface area contributed by atoms with E-state index in [-0.39, 0.29) is 24.4 Å². The van der Waals surface area contributed by atoms with Gasteiger partial charge in [0, 0.05) is 31.0 Å². The van der Waals surface area contributed by atoms with Gasteiger partial charge in [-0.1, -0.05) is 18.2 Å². The molecule has 6 nitrogen and oxygen atoms in total. The van der Waals surface area contributed by atoms with Crippen LogP contribution in [0.5, 0.6) is 0 Å². The number of halogens is 1. The Labute approximate surface area is 133 Å². The molecule has 2 heterocycles. The van der Waals surface area contributed by atoms with E-state index in [9.17, 15) is 9.18 Å². The summed E-state index contributed by atoms with van der Waals surface area (Å²) in [5, 5.41) is 0. The van der Waals surface area contributed by atoms with Crippen LogP contribution in [-0.2, 0) is 16.1 Å². The van der Waals surface area contributed by atoms with E-state index >= 15 is 0 Å². The van der Waals surface area contributed by atoms with Crippen molar-refractivity contribution in [1.82, 2.24) is 14.9 Å². The molecule has 1 saturated heterocycles. The van der Waals surface area contributed by atoms with Crippen LogP contribution in [0.2, 0.25) is 0 Å². The molecular weight excluding hydrogens is 301 g/mol. The van der Waals surface area contributed by atoms with Crippen molar-refractivity contribution < 1.29 is 18.7 Å². The van der Waals surface area contributed by atoms with Crippen molar-refractivity contribution in [3.05, 3.63) is 53.9 Å². The number of H-pyrrole nitrogens is 1. The summed E-state index contributed by atoms with van der Waals surface area (Å²) in [6, 6.07) is 6.49. The van der Waals surface area contributed by atoms with Crippen LogP contribution in [0, 0.1) is 5.82 Å². The second-order valence-electron chi connectivity index (χ2n) is 5.29. The molecule has 3 rings (SSSR count). The van der Waals surface area contributed by atoms with E-state index in [0.717, 1.165) is 0 Å². The molecule has 0 saturated carbocycles. The molecule has 0 radical (unpaired) electrons. The fourth-order valence-corrected chi connectivity index (χ4v) is 2.45. The summed E-state index contributed by atoms with van der Waals surface area (Å²) in [6.07, 6.45) is 2.93. The minimum absolute atomic E-state index is 0.155.